The van der Waals surface area contributed by atoms with Crippen molar-refractivity contribution >= 4 is 28.9 Å². The Morgan fingerprint density at radius 2 is 1.72 bits per heavy atom. The van der Waals surface area contributed by atoms with Gasteiger partial charge in [-0.05, 0) is 43.2 Å². The number of methoxy groups -OCH3 is 4. The number of rotatable bonds is 10. The van der Waals surface area contributed by atoms with Gasteiger partial charge in [0.05, 0.1) is 45.0 Å². The molecule has 0 saturated heterocycles. The van der Waals surface area contributed by atoms with E-state index in [0.29, 0.717) is 53.8 Å². The van der Waals surface area contributed by atoms with E-state index in [1.54, 1.807) is 31.1 Å². The molecule has 0 aliphatic carbocycles. The normalized spacial score (nSPS) is 17.1. The molecule has 2 atom stereocenters. The molecule has 3 aromatic rings. The lowest BCUT2D eigenvalue weighted by atomic mass is 9.89. The molecule has 0 radical (unpaired) electrons. The van der Waals surface area contributed by atoms with Crippen LogP contribution in [0.15, 0.2) is 36.4 Å². The monoisotopic (exact) mass is 497 g/mol. The summed E-state index contributed by atoms with van der Waals surface area (Å²) >= 11 is 0. The molecule has 1 aromatic heterocycles. The van der Waals surface area contributed by atoms with Crippen LogP contribution in [0.25, 0.3) is 11.0 Å². The minimum atomic E-state index is -1.15. The Hall–Kier alpha value is -3.79. The van der Waals surface area contributed by atoms with Crippen molar-refractivity contribution in [3.05, 3.63) is 42.0 Å². The third-order valence-electron chi connectivity index (χ3n) is 6.24. The van der Waals surface area contributed by atoms with Crippen molar-refractivity contribution in [3.8, 4) is 17.2 Å². The van der Waals surface area contributed by atoms with Crippen LogP contribution in [-0.2, 0) is 19.1 Å². The molecule has 10 nitrogen and oxygen atoms in total. The number of para-hydroxylation sites is 2. The predicted octanol–water partition coefficient (Wildman–Crippen LogP) is 3.21. The number of carbonyl (C=O) groups is 2. The van der Waals surface area contributed by atoms with Crippen LogP contribution in [0.5, 0.6) is 17.2 Å². The first-order valence-electron chi connectivity index (χ1n) is 11.7. The quantitative estimate of drug-likeness (QED) is 0.239. The zero-order chi connectivity index (χ0) is 25.8. The second-order valence-electron chi connectivity index (χ2n) is 8.24. The van der Waals surface area contributed by atoms with Gasteiger partial charge < -0.3 is 28.3 Å². The highest BCUT2D eigenvalue weighted by atomic mass is 16.5. The van der Waals surface area contributed by atoms with E-state index in [9.17, 15) is 9.59 Å². The number of amides is 1. The van der Waals surface area contributed by atoms with E-state index >= 15 is 0 Å². The number of hydrogen-bond donors (Lipinski definition) is 0. The van der Waals surface area contributed by atoms with Gasteiger partial charge in [0.1, 0.15) is 0 Å². The summed E-state index contributed by atoms with van der Waals surface area (Å²) in [4.78, 5) is 33.6. The van der Waals surface area contributed by atoms with Crippen molar-refractivity contribution < 1.29 is 33.3 Å². The molecule has 4 rings (SSSR count). The van der Waals surface area contributed by atoms with Gasteiger partial charge in [0.15, 0.2) is 17.4 Å². The number of imidazole rings is 1. The number of benzene rings is 2. The number of fused-ring (bicyclic) bond motifs is 3. The predicted molar refractivity (Wildman–Crippen MR) is 133 cm³/mol. The molecule has 2 aromatic carbocycles. The molecule has 1 amide bonds. The lowest BCUT2D eigenvalue weighted by molar-refractivity contribution is -0.153. The summed E-state index contributed by atoms with van der Waals surface area (Å²) in [5.74, 6) is -0.453. The van der Waals surface area contributed by atoms with Crippen molar-refractivity contribution in [2.24, 2.45) is 5.92 Å². The minimum Gasteiger partial charge on any atom is -0.493 e. The van der Waals surface area contributed by atoms with E-state index < -0.39 is 17.9 Å². The fourth-order valence-corrected chi connectivity index (χ4v) is 4.70. The zero-order valence-corrected chi connectivity index (χ0v) is 21.1. The van der Waals surface area contributed by atoms with Crippen LogP contribution >= 0.6 is 0 Å². The largest absolute Gasteiger partial charge is 0.493 e. The van der Waals surface area contributed by atoms with Crippen LogP contribution < -0.4 is 19.1 Å². The summed E-state index contributed by atoms with van der Waals surface area (Å²) in [7, 11) is 6.16. The van der Waals surface area contributed by atoms with Crippen LogP contribution in [0.3, 0.4) is 0 Å². The highest BCUT2D eigenvalue weighted by Gasteiger charge is 2.48. The number of carbonyl (C=O) groups excluding carboxylic acids is 2. The summed E-state index contributed by atoms with van der Waals surface area (Å²) < 4.78 is 29.1. The maximum atomic E-state index is 13.9. The number of aromatic nitrogens is 2. The van der Waals surface area contributed by atoms with E-state index in [2.05, 4.69) is 0 Å². The van der Waals surface area contributed by atoms with E-state index in [0.717, 1.165) is 5.52 Å². The van der Waals surface area contributed by atoms with Gasteiger partial charge in [-0.2, -0.15) is 0 Å². The molecule has 10 heteroatoms. The number of esters is 1. The first-order valence-corrected chi connectivity index (χ1v) is 11.7. The van der Waals surface area contributed by atoms with Crippen molar-refractivity contribution in [2.75, 3.05) is 53.1 Å². The summed E-state index contributed by atoms with van der Waals surface area (Å²) in [6, 6.07) is 10.3. The maximum absolute atomic E-state index is 13.9. The van der Waals surface area contributed by atoms with Crippen molar-refractivity contribution in [3.63, 3.8) is 0 Å². The number of anilines is 1. The summed E-state index contributed by atoms with van der Waals surface area (Å²) in [5, 5.41) is 0. The molecule has 1 aliphatic heterocycles. The molecule has 0 bridgehead atoms. The van der Waals surface area contributed by atoms with Gasteiger partial charge in [0.25, 0.3) is 0 Å². The molecule has 0 N–H and O–H groups in total. The van der Waals surface area contributed by atoms with Gasteiger partial charge >= 0.3 is 5.97 Å². The van der Waals surface area contributed by atoms with E-state index in [4.69, 9.17) is 28.7 Å². The van der Waals surface area contributed by atoms with Crippen molar-refractivity contribution in [1.82, 2.24) is 9.55 Å². The van der Waals surface area contributed by atoms with Gasteiger partial charge in [-0.15, -0.1) is 0 Å². The molecule has 0 saturated carbocycles. The molecule has 192 valence electrons. The Morgan fingerprint density at radius 3 is 2.33 bits per heavy atom. The van der Waals surface area contributed by atoms with Crippen molar-refractivity contribution in [1.29, 1.82) is 0 Å². The fraction of sp³-hybridized carbons (Fsp3) is 0.423. The van der Waals surface area contributed by atoms with Crippen LogP contribution in [0.2, 0.25) is 0 Å². The number of hydrogen-bond acceptors (Lipinski definition) is 8. The van der Waals surface area contributed by atoms with Crippen LogP contribution in [0.1, 0.15) is 24.9 Å². The summed E-state index contributed by atoms with van der Waals surface area (Å²) in [6.45, 7) is 2.66. The van der Waals surface area contributed by atoms with Gasteiger partial charge in [0.2, 0.25) is 17.6 Å². The van der Waals surface area contributed by atoms with Crippen molar-refractivity contribution in [2.45, 2.75) is 19.4 Å². The third kappa shape index (κ3) is 4.32. The average Bonchev–Trinajstić information content (AvgIpc) is 3.27. The number of nitrogens with zero attached hydrogens (tertiary/aromatic N) is 3. The Labute approximate surface area is 209 Å². The topological polar surface area (TPSA) is 101 Å². The Morgan fingerprint density at radius 1 is 1.03 bits per heavy atom. The molecule has 36 heavy (non-hydrogen) atoms. The highest BCUT2D eigenvalue weighted by molar-refractivity contribution is 6.08. The summed E-state index contributed by atoms with van der Waals surface area (Å²) in [5.41, 5.74) is 2.11. The second-order valence-corrected chi connectivity index (χ2v) is 8.24. The maximum Gasteiger partial charge on any atom is 0.321 e. The minimum absolute atomic E-state index is 0.145. The molecule has 0 fully saturated rings. The first-order chi connectivity index (χ1) is 17.5. The average molecular weight is 498 g/mol. The molecular weight excluding hydrogens is 466 g/mol. The number of ether oxygens (including phenoxy) is 5. The van der Waals surface area contributed by atoms with Gasteiger partial charge in [-0.25, -0.2) is 4.98 Å². The van der Waals surface area contributed by atoms with E-state index in [1.807, 2.05) is 28.8 Å². The first kappa shape index (κ1) is 25.3. The zero-order valence-electron chi connectivity index (χ0n) is 21.1. The lowest BCUT2D eigenvalue weighted by Gasteiger charge is -2.38. The molecule has 2 heterocycles. The molecule has 0 spiro atoms. The van der Waals surface area contributed by atoms with Gasteiger partial charge in [-0.3, -0.25) is 14.5 Å². The molecule has 0 unspecified atom stereocenters. The lowest BCUT2D eigenvalue weighted by Crippen LogP contribution is -2.50. The standard InChI is InChI=1S/C26H31N3O7/c1-6-36-25(31)21-22(16-14-19(33-3)23(35-5)20(15-16)34-4)29-18-11-8-7-10-17(18)27-26(29)28(24(21)30)12-9-13-32-2/h7-8,10-11,14-15,21-22H,6,9,12-13H2,1-5H3/t21-,22-/m0/s1. The Balaban J connectivity index is 2.00. The Kier molecular flexibility index (Phi) is 7.64. The highest BCUT2D eigenvalue weighted by Crippen LogP contribution is 2.46. The van der Waals surface area contributed by atoms with E-state index in [1.165, 1.54) is 21.3 Å². The van der Waals surface area contributed by atoms with Crippen LogP contribution in [0, 0.1) is 5.92 Å². The van der Waals surface area contributed by atoms with Gasteiger partial charge in [-0.1, -0.05) is 12.1 Å². The SMILES string of the molecule is CCOC(=O)[C@@H]1C(=O)N(CCCOC)c2nc3ccccc3n2[C@H]1c1cc(OC)c(OC)c(OC)c1. The molecule has 1 aliphatic rings. The van der Waals surface area contributed by atoms with Crippen LogP contribution in [-0.4, -0.2) is 69.6 Å². The van der Waals surface area contributed by atoms with E-state index in [-0.39, 0.29) is 12.5 Å². The fourth-order valence-electron chi connectivity index (χ4n) is 4.70. The smallest absolute Gasteiger partial charge is 0.321 e. The third-order valence-corrected chi connectivity index (χ3v) is 6.24. The Bertz CT molecular complexity index is 1230. The second kappa shape index (κ2) is 10.9. The van der Waals surface area contributed by atoms with Crippen LogP contribution in [0.4, 0.5) is 5.95 Å². The van der Waals surface area contributed by atoms with Gasteiger partial charge in [0, 0.05) is 20.3 Å². The summed E-state index contributed by atoms with van der Waals surface area (Å²) in [6.07, 6.45) is 0.579. The molecular formula is C26H31N3O7.